The molecular formula is C7H12N2. The maximum absolute atomic E-state index is 4.17. The summed E-state index contributed by atoms with van der Waals surface area (Å²) in [7, 11) is 0. The van der Waals surface area contributed by atoms with E-state index in [1.807, 2.05) is 13.1 Å². The molecule has 1 aliphatic rings. The predicted molar refractivity (Wildman–Crippen MR) is 39.5 cm³/mol. The third-order valence-electron chi connectivity index (χ3n) is 1.48. The fourth-order valence-corrected chi connectivity index (χ4v) is 0.938. The molecule has 0 spiro atoms. The topological polar surface area (TPSA) is 24.4 Å². The standard InChI is InChI=1S/C7H12N2/c1-3-7-6(2)8-4-5-9-7/h4,9H,3,5H2,1-2H3. The molecule has 0 unspecified atom stereocenters. The van der Waals surface area contributed by atoms with E-state index < -0.39 is 0 Å². The summed E-state index contributed by atoms with van der Waals surface area (Å²) in [5.41, 5.74) is 2.40. The first-order chi connectivity index (χ1) is 4.34. The number of nitrogens with zero attached hydrogens (tertiary/aromatic N) is 1. The maximum Gasteiger partial charge on any atom is 0.0558 e. The average Bonchev–Trinajstić information content (AvgIpc) is 1.89. The van der Waals surface area contributed by atoms with Crippen LogP contribution in [-0.4, -0.2) is 12.8 Å². The van der Waals surface area contributed by atoms with Crippen LogP contribution in [-0.2, 0) is 0 Å². The first-order valence-electron chi connectivity index (χ1n) is 3.30. The quantitative estimate of drug-likeness (QED) is 0.560. The fourth-order valence-electron chi connectivity index (χ4n) is 0.938. The summed E-state index contributed by atoms with van der Waals surface area (Å²) in [5, 5.41) is 3.25. The molecule has 9 heavy (non-hydrogen) atoms. The van der Waals surface area contributed by atoms with E-state index in [2.05, 4.69) is 17.2 Å². The Balaban J connectivity index is 2.72. The molecule has 0 amide bonds. The minimum atomic E-state index is 0.889. The third kappa shape index (κ3) is 1.31. The molecule has 0 bridgehead atoms. The molecule has 1 heterocycles. The molecule has 0 radical (unpaired) electrons. The van der Waals surface area contributed by atoms with Crippen LogP contribution in [0.25, 0.3) is 0 Å². The number of rotatable bonds is 1. The van der Waals surface area contributed by atoms with Gasteiger partial charge in [0.2, 0.25) is 0 Å². The Morgan fingerprint density at radius 1 is 1.78 bits per heavy atom. The molecule has 2 nitrogen and oxygen atoms in total. The zero-order valence-electron chi connectivity index (χ0n) is 5.94. The molecule has 1 N–H and O–H groups in total. The van der Waals surface area contributed by atoms with Gasteiger partial charge in [0.05, 0.1) is 12.2 Å². The van der Waals surface area contributed by atoms with Gasteiger partial charge in [-0.1, -0.05) is 6.92 Å². The van der Waals surface area contributed by atoms with Crippen molar-refractivity contribution in [3.8, 4) is 0 Å². The summed E-state index contributed by atoms with van der Waals surface area (Å²) in [6.45, 7) is 5.05. The van der Waals surface area contributed by atoms with Crippen molar-refractivity contribution in [1.82, 2.24) is 5.32 Å². The highest BCUT2D eigenvalue weighted by atomic mass is 15.0. The molecule has 2 heteroatoms. The highest BCUT2D eigenvalue weighted by Gasteiger charge is 1.99. The number of aliphatic imine (C=N–C) groups is 1. The summed E-state index contributed by atoms with van der Waals surface area (Å²) in [6, 6.07) is 0. The largest absolute Gasteiger partial charge is 0.382 e. The van der Waals surface area contributed by atoms with Gasteiger partial charge in [0.15, 0.2) is 0 Å². The van der Waals surface area contributed by atoms with Crippen molar-refractivity contribution in [2.45, 2.75) is 20.3 Å². The number of nitrogens with one attached hydrogen (secondary N) is 1. The van der Waals surface area contributed by atoms with Crippen LogP contribution in [0, 0.1) is 0 Å². The lowest BCUT2D eigenvalue weighted by Gasteiger charge is -2.12. The van der Waals surface area contributed by atoms with Crippen molar-refractivity contribution in [2.24, 2.45) is 4.99 Å². The smallest absolute Gasteiger partial charge is 0.0558 e. The van der Waals surface area contributed by atoms with Gasteiger partial charge in [0, 0.05) is 11.9 Å². The summed E-state index contributed by atoms with van der Waals surface area (Å²) >= 11 is 0. The van der Waals surface area contributed by atoms with Gasteiger partial charge >= 0.3 is 0 Å². The van der Waals surface area contributed by atoms with Crippen molar-refractivity contribution in [3.05, 3.63) is 11.4 Å². The van der Waals surface area contributed by atoms with Gasteiger partial charge in [-0.25, -0.2) is 0 Å². The number of hydrogen-bond donors (Lipinski definition) is 1. The minimum Gasteiger partial charge on any atom is -0.382 e. The molecule has 0 aromatic carbocycles. The van der Waals surface area contributed by atoms with Crippen molar-refractivity contribution in [1.29, 1.82) is 0 Å². The highest BCUT2D eigenvalue weighted by Crippen LogP contribution is 2.07. The van der Waals surface area contributed by atoms with Crippen LogP contribution < -0.4 is 5.32 Å². The van der Waals surface area contributed by atoms with Gasteiger partial charge in [0.25, 0.3) is 0 Å². The van der Waals surface area contributed by atoms with E-state index >= 15 is 0 Å². The summed E-state index contributed by atoms with van der Waals surface area (Å²) in [6.07, 6.45) is 2.96. The Bertz CT molecular complexity index is 156. The third-order valence-corrected chi connectivity index (χ3v) is 1.48. The van der Waals surface area contributed by atoms with Gasteiger partial charge in [-0.05, 0) is 13.3 Å². The summed E-state index contributed by atoms with van der Waals surface area (Å²) in [4.78, 5) is 4.17. The molecule has 0 aromatic heterocycles. The molecule has 0 fully saturated rings. The lowest BCUT2D eigenvalue weighted by molar-refractivity contribution is 0.821. The van der Waals surface area contributed by atoms with Crippen molar-refractivity contribution in [2.75, 3.05) is 6.54 Å². The van der Waals surface area contributed by atoms with Gasteiger partial charge in [-0.3, -0.25) is 4.99 Å². The fraction of sp³-hybridized carbons (Fsp3) is 0.571. The molecule has 0 saturated heterocycles. The molecule has 50 valence electrons. The lowest BCUT2D eigenvalue weighted by Crippen LogP contribution is -2.19. The van der Waals surface area contributed by atoms with Crippen LogP contribution in [0.1, 0.15) is 20.3 Å². The Hall–Kier alpha value is -0.790. The predicted octanol–water partition coefficient (Wildman–Crippen LogP) is 1.30. The normalized spacial score (nSPS) is 18.0. The first kappa shape index (κ1) is 6.33. The van der Waals surface area contributed by atoms with Crippen molar-refractivity contribution >= 4 is 6.21 Å². The van der Waals surface area contributed by atoms with Crippen LogP contribution in [0.2, 0.25) is 0 Å². The Kier molecular flexibility index (Phi) is 1.88. The molecular weight excluding hydrogens is 112 g/mol. The Morgan fingerprint density at radius 2 is 2.56 bits per heavy atom. The van der Waals surface area contributed by atoms with Gasteiger partial charge < -0.3 is 5.32 Å². The van der Waals surface area contributed by atoms with E-state index in [0.717, 1.165) is 18.7 Å². The number of allylic oxidation sites excluding steroid dienone is 2. The average molecular weight is 124 g/mol. The second-order valence-electron chi connectivity index (χ2n) is 2.11. The molecule has 0 saturated carbocycles. The van der Waals surface area contributed by atoms with Gasteiger partial charge in [0.1, 0.15) is 0 Å². The summed E-state index contributed by atoms with van der Waals surface area (Å²) in [5.74, 6) is 0. The molecule has 1 aliphatic heterocycles. The Labute approximate surface area is 55.7 Å². The van der Waals surface area contributed by atoms with E-state index in [-0.39, 0.29) is 0 Å². The molecule has 0 aliphatic carbocycles. The monoisotopic (exact) mass is 124 g/mol. The van der Waals surface area contributed by atoms with E-state index in [1.54, 1.807) is 0 Å². The van der Waals surface area contributed by atoms with E-state index in [1.165, 1.54) is 5.70 Å². The molecule has 1 rings (SSSR count). The first-order valence-corrected chi connectivity index (χ1v) is 3.30. The van der Waals surface area contributed by atoms with Crippen LogP contribution in [0.3, 0.4) is 0 Å². The van der Waals surface area contributed by atoms with Crippen LogP contribution in [0.5, 0.6) is 0 Å². The van der Waals surface area contributed by atoms with Crippen molar-refractivity contribution < 1.29 is 0 Å². The summed E-state index contributed by atoms with van der Waals surface area (Å²) < 4.78 is 0. The van der Waals surface area contributed by atoms with Crippen LogP contribution in [0.4, 0.5) is 0 Å². The minimum absolute atomic E-state index is 0.889. The Morgan fingerprint density at radius 3 is 3.00 bits per heavy atom. The van der Waals surface area contributed by atoms with Crippen molar-refractivity contribution in [3.63, 3.8) is 0 Å². The van der Waals surface area contributed by atoms with E-state index in [0.29, 0.717) is 0 Å². The van der Waals surface area contributed by atoms with E-state index in [9.17, 15) is 0 Å². The highest BCUT2D eigenvalue weighted by molar-refractivity contribution is 5.63. The SMILES string of the molecule is CCC1=C(C)N=CCN1. The van der Waals surface area contributed by atoms with Crippen LogP contribution in [0.15, 0.2) is 16.4 Å². The zero-order valence-corrected chi connectivity index (χ0v) is 5.94. The second kappa shape index (κ2) is 2.67. The number of hydrogen-bond acceptors (Lipinski definition) is 2. The van der Waals surface area contributed by atoms with E-state index in [4.69, 9.17) is 0 Å². The zero-order chi connectivity index (χ0) is 6.69. The molecule has 0 atom stereocenters. The van der Waals surface area contributed by atoms with Gasteiger partial charge in [-0.15, -0.1) is 0 Å². The molecule has 0 aromatic rings. The lowest BCUT2D eigenvalue weighted by atomic mass is 10.2. The maximum atomic E-state index is 4.17. The second-order valence-corrected chi connectivity index (χ2v) is 2.11. The van der Waals surface area contributed by atoms with Crippen LogP contribution >= 0.6 is 0 Å². The van der Waals surface area contributed by atoms with Gasteiger partial charge in [-0.2, -0.15) is 0 Å².